The fraction of sp³-hybridized carbons (Fsp3) is 0.643. The van der Waals surface area contributed by atoms with Crippen LogP contribution < -0.4 is 0 Å². The average Bonchev–Trinajstić information content (AvgIpc) is 3.15. The van der Waals surface area contributed by atoms with E-state index in [1.165, 1.54) is 0 Å². The number of hydrogen-bond acceptors (Lipinski definition) is 5. The van der Waals surface area contributed by atoms with Gasteiger partial charge in [0.25, 0.3) is 0 Å². The van der Waals surface area contributed by atoms with Crippen LogP contribution in [0.5, 0.6) is 0 Å². The van der Waals surface area contributed by atoms with Crippen LogP contribution in [0.25, 0.3) is 0 Å². The van der Waals surface area contributed by atoms with E-state index in [1.54, 1.807) is 40.1 Å². The lowest BCUT2D eigenvalue weighted by atomic mass is 10.1. The number of rotatable bonds is 5. The average molecular weight is 308 g/mol. The van der Waals surface area contributed by atoms with Gasteiger partial charge in [0.2, 0.25) is 11.8 Å². The number of nitrogens with zero attached hydrogens (tertiary/aromatic N) is 4. The number of methoxy groups -OCH3 is 1. The second-order valence-electron chi connectivity index (χ2n) is 5.50. The van der Waals surface area contributed by atoms with Crippen LogP contribution in [0.1, 0.15) is 0 Å². The van der Waals surface area contributed by atoms with Crippen molar-refractivity contribution in [3.8, 4) is 0 Å². The monoisotopic (exact) mass is 308 g/mol. The summed E-state index contributed by atoms with van der Waals surface area (Å²) in [6.45, 7) is 2.31. The van der Waals surface area contributed by atoms with Crippen LogP contribution in [0.2, 0.25) is 0 Å². The van der Waals surface area contributed by atoms with Crippen molar-refractivity contribution < 1.29 is 19.1 Å². The topological polar surface area (TPSA) is 76.9 Å². The van der Waals surface area contributed by atoms with Gasteiger partial charge in [-0.05, 0) is 6.07 Å². The Morgan fingerprint density at radius 2 is 2.36 bits per heavy atom. The van der Waals surface area contributed by atoms with Crippen molar-refractivity contribution in [3.05, 3.63) is 18.5 Å². The number of carbonyl (C=O) groups is 2. The molecule has 0 saturated carbocycles. The van der Waals surface area contributed by atoms with Gasteiger partial charge in [0.1, 0.15) is 13.2 Å². The molecule has 0 radical (unpaired) electrons. The Morgan fingerprint density at radius 1 is 1.50 bits per heavy atom. The van der Waals surface area contributed by atoms with Gasteiger partial charge in [0.15, 0.2) is 0 Å². The lowest BCUT2D eigenvalue weighted by molar-refractivity contribution is -0.153. The zero-order valence-corrected chi connectivity index (χ0v) is 12.6. The largest absolute Gasteiger partial charge is 0.383 e. The summed E-state index contributed by atoms with van der Waals surface area (Å²) in [4.78, 5) is 27.9. The molecule has 2 amide bonds. The highest BCUT2D eigenvalue weighted by atomic mass is 16.5. The second-order valence-corrected chi connectivity index (χ2v) is 5.50. The molecule has 1 aromatic heterocycles. The molecular weight excluding hydrogens is 288 g/mol. The number of morpholine rings is 1. The Labute approximate surface area is 128 Å². The minimum Gasteiger partial charge on any atom is -0.383 e. The van der Waals surface area contributed by atoms with Gasteiger partial charge in [-0.1, -0.05) is 0 Å². The highest BCUT2D eigenvalue weighted by Crippen LogP contribution is 2.23. The molecule has 0 N–H and O–H groups in total. The molecular formula is C14H20N4O4. The third-order valence-corrected chi connectivity index (χ3v) is 4.12. The lowest BCUT2D eigenvalue weighted by Gasteiger charge is -2.36. The van der Waals surface area contributed by atoms with Gasteiger partial charge in [-0.3, -0.25) is 14.3 Å². The van der Waals surface area contributed by atoms with E-state index in [-0.39, 0.29) is 37.1 Å². The van der Waals surface area contributed by atoms with Gasteiger partial charge >= 0.3 is 0 Å². The molecule has 8 nitrogen and oxygen atoms in total. The molecule has 0 aliphatic carbocycles. The van der Waals surface area contributed by atoms with Crippen LogP contribution in [-0.2, 0) is 25.6 Å². The van der Waals surface area contributed by atoms with Crippen LogP contribution in [0.15, 0.2) is 18.5 Å². The third-order valence-electron chi connectivity index (χ3n) is 4.12. The second kappa shape index (κ2) is 6.45. The van der Waals surface area contributed by atoms with E-state index >= 15 is 0 Å². The highest BCUT2D eigenvalue weighted by molar-refractivity contribution is 5.80. The van der Waals surface area contributed by atoms with Crippen molar-refractivity contribution >= 4 is 11.8 Å². The maximum absolute atomic E-state index is 12.3. The summed E-state index contributed by atoms with van der Waals surface area (Å²) in [5, 5.41) is 4.04. The first kappa shape index (κ1) is 15.0. The molecule has 22 heavy (non-hydrogen) atoms. The van der Waals surface area contributed by atoms with Crippen molar-refractivity contribution in [2.24, 2.45) is 0 Å². The molecule has 2 atom stereocenters. The number of amides is 2. The quantitative estimate of drug-likeness (QED) is 0.695. The first-order chi connectivity index (χ1) is 10.7. The number of likely N-dealkylation sites (tertiary alicyclic amines) is 1. The van der Waals surface area contributed by atoms with Crippen molar-refractivity contribution in [2.45, 2.75) is 18.7 Å². The van der Waals surface area contributed by atoms with Crippen molar-refractivity contribution in [3.63, 3.8) is 0 Å². The molecule has 2 saturated heterocycles. The van der Waals surface area contributed by atoms with Gasteiger partial charge in [0, 0.05) is 39.1 Å². The first-order valence-corrected chi connectivity index (χ1v) is 7.34. The van der Waals surface area contributed by atoms with Crippen LogP contribution in [0.3, 0.4) is 0 Å². The number of ether oxygens (including phenoxy) is 2. The highest BCUT2D eigenvalue weighted by Gasteiger charge is 2.44. The fourth-order valence-corrected chi connectivity index (χ4v) is 2.98. The smallest absolute Gasteiger partial charge is 0.249 e. The summed E-state index contributed by atoms with van der Waals surface area (Å²) >= 11 is 0. The molecule has 1 aromatic rings. The number of hydrogen-bond donors (Lipinski definition) is 0. The minimum absolute atomic E-state index is 0.0131. The van der Waals surface area contributed by atoms with Crippen molar-refractivity contribution in [1.82, 2.24) is 19.6 Å². The SMILES string of the molecule is COCCN1C(=O)CO[C@H]2CN(C(=O)Cn3cccn3)C[C@@H]21. The summed E-state index contributed by atoms with van der Waals surface area (Å²) < 4.78 is 12.2. The Bertz CT molecular complexity index is 533. The molecule has 120 valence electrons. The number of fused-ring (bicyclic) bond motifs is 1. The predicted molar refractivity (Wildman–Crippen MR) is 75.9 cm³/mol. The van der Waals surface area contributed by atoms with E-state index in [0.29, 0.717) is 26.2 Å². The molecule has 0 aromatic carbocycles. The minimum atomic E-state index is -0.115. The Balaban J connectivity index is 1.63. The van der Waals surface area contributed by atoms with Crippen LogP contribution in [0, 0.1) is 0 Å². The molecule has 0 bridgehead atoms. The third kappa shape index (κ3) is 2.97. The van der Waals surface area contributed by atoms with E-state index < -0.39 is 0 Å². The van der Waals surface area contributed by atoms with E-state index in [0.717, 1.165) is 0 Å². The maximum atomic E-state index is 12.3. The molecule has 2 fully saturated rings. The van der Waals surface area contributed by atoms with Gasteiger partial charge < -0.3 is 19.3 Å². The molecule has 8 heteroatoms. The standard InChI is InChI=1S/C14H20N4O4/c1-21-6-5-18-11-7-16(8-12(11)22-10-14(18)20)13(19)9-17-4-2-3-15-17/h2-4,11-12H,5-10H2,1H3/t11-,12-/m0/s1. The zero-order chi connectivity index (χ0) is 15.5. The fourth-order valence-electron chi connectivity index (χ4n) is 2.98. The molecule has 2 aliphatic rings. The van der Waals surface area contributed by atoms with Crippen LogP contribution in [-0.4, -0.2) is 83.5 Å². The predicted octanol–water partition coefficient (Wildman–Crippen LogP) is -1.03. The van der Waals surface area contributed by atoms with Crippen LogP contribution >= 0.6 is 0 Å². The van der Waals surface area contributed by atoms with Gasteiger partial charge in [-0.15, -0.1) is 0 Å². The van der Waals surface area contributed by atoms with Gasteiger partial charge in [-0.2, -0.15) is 5.10 Å². The molecule has 3 rings (SSSR count). The Morgan fingerprint density at radius 3 is 3.09 bits per heavy atom. The van der Waals surface area contributed by atoms with Gasteiger partial charge in [0.05, 0.1) is 18.8 Å². The molecule has 3 heterocycles. The van der Waals surface area contributed by atoms with E-state index in [4.69, 9.17) is 9.47 Å². The summed E-state index contributed by atoms with van der Waals surface area (Å²) in [5.41, 5.74) is 0. The summed E-state index contributed by atoms with van der Waals surface area (Å²) in [6, 6.07) is 1.70. The van der Waals surface area contributed by atoms with Crippen molar-refractivity contribution in [1.29, 1.82) is 0 Å². The molecule has 0 spiro atoms. The van der Waals surface area contributed by atoms with Gasteiger partial charge in [-0.25, -0.2) is 0 Å². The Hall–Kier alpha value is -1.93. The summed E-state index contributed by atoms with van der Waals surface area (Å²) in [7, 11) is 1.61. The normalized spacial score (nSPS) is 24.7. The maximum Gasteiger partial charge on any atom is 0.249 e. The van der Waals surface area contributed by atoms with Crippen molar-refractivity contribution in [2.75, 3.05) is 40.0 Å². The van der Waals surface area contributed by atoms with E-state index in [2.05, 4.69) is 5.10 Å². The molecule has 0 unspecified atom stereocenters. The Kier molecular flexibility index (Phi) is 4.39. The number of aromatic nitrogens is 2. The van der Waals surface area contributed by atoms with E-state index in [1.807, 2.05) is 0 Å². The molecule has 2 aliphatic heterocycles. The summed E-state index contributed by atoms with van der Waals surface area (Å²) in [6.07, 6.45) is 3.29. The zero-order valence-electron chi connectivity index (χ0n) is 12.6. The van der Waals surface area contributed by atoms with E-state index in [9.17, 15) is 9.59 Å². The lowest BCUT2D eigenvalue weighted by Crippen LogP contribution is -2.54. The van der Waals surface area contributed by atoms with Crippen LogP contribution in [0.4, 0.5) is 0 Å². The first-order valence-electron chi connectivity index (χ1n) is 7.34. The number of carbonyl (C=O) groups excluding carboxylic acids is 2. The summed E-state index contributed by atoms with van der Waals surface area (Å²) in [5.74, 6) is -0.0551.